The molecule has 0 saturated heterocycles. The first kappa shape index (κ1) is 24.4. The van der Waals surface area contributed by atoms with E-state index in [9.17, 15) is 19.2 Å². The third kappa shape index (κ3) is 7.12. The normalized spacial score (nSPS) is 29.8. The van der Waals surface area contributed by atoms with Crippen LogP contribution in [-0.4, -0.2) is 34.4 Å². The Kier molecular flexibility index (Phi) is 9.65. The fourth-order valence-corrected chi connectivity index (χ4v) is 4.83. The molecule has 1 amide bonds. The van der Waals surface area contributed by atoms with Crippen LogP contribution in [0, 0.1) is 11.8 Å². The van der Waals surface area contributed by atoms with Gasteiger partial charge in [0.2, 0.25) is 12.0 Å². The van der Waals surface area contributed by atoms with E-state index in [1.165, 1.54) is 12.5 Å². The second kappa shape index (κ2) is 12.7. The lowest BCUT2D eigenvalue weighted by Crippen LogP contribution is -2.49. The first-order valence-corrected chi connectivity index (χ1v) is 12.1. The number of fused-ring (bicyclic) bond motifs is 3. The van der Waals surface area contributed by atoms with E-state index in [2.05, 4.69) is 6.08 Å². The number of ketones is 3. The molecule has 1 saturated carbocycles. The molecule has 0 radical (unpaired) electrons. The van der Waals surface area contributed by atoms with Gasteiger partial charge in [-0.05, 0) is 44.4 Å². The first-order valence-electron chi connectivity index (χ1n) is 12.1. The monoisotopic (exact) mass is 445 g/mol. The molecule has 176 valence electrons. The molecule has 0 aromatic carbocycles. The van der Waals surface area contributed by atoms with Crippen molar-refractivity contribution in [3.63, 3.8) is 0 Å². The number of allylic oxidation sites excluding steroid dienone is 2. The lowest BCUT2D eigenvalue weighted by molar-refractivity contribution is -0.309. The molecule has 32 heavy (non-hydrogen) atoms. The molecule has 1 fully saturated rings. The summed E-state index contributed by atoms with van der Waals surface area (Å²) in [6.45, 7) is 0. The minimum absolute atomic E-state index is 0.194. The van der Waals surface area contributed by atoms with E-state index < -0.39 is 17.9 Å². The van der Waals surface area contributed by atoms with E-state index in [1.807, 2.05) is 6.08 Å². The van der Waals surface area contributed by atoms with Crippen LogP contribution in [0.25, 0.3) is 0 Å². The van der Waals surface area contributed by atoms with Gasteiger partial charge in [-0.25, -0.2) is 0 Å². The van der Waals surface area contributed by atoms with Gasteiger partial charge in [-0.3, -0.25) is 24.1 Å². The Hall–Kier alpha value is -2.28. The lowest BCUT2D eigenvalue weighted by atomic mass is 9.77. The molecule has 7 nitrogen and oxygen atoms in total. The van der Waals surface area contributed by atoms with Gasteiger partial charge in [0.05, 0.1) is 0 Å². The van der Waals surface area contributed by atoms with E-state index in [0.29, 0.717) is 31.6 Å². The summed E-state index contributed by atoms with van der Waals surface area (Å²) in [5.41, 5.74) is 0. The highest BCUT2D eigenvalue weighted by atomic mass is 17.2. The van der Waals surface area contributed by atoms with E-state index in [1.54, 1.807) is 0 Å². The van der Waals surface area contributed by atoms with E-state index in [-0.39, 0.29) is 23.9 Å². The molecule has 3 unspecified atom stereocenters. The maximum atomic E-state index is 13.0. The van der Waals surface area contributed by atoms with Crippen molar-refractivity contribution < 1.29 is 29.0 Å². The van der Waals surface area contributed by atoms with Crippen molar-refractivity contribution in [2.75, 3.05) is 0 Å². The standard InChI is InChI=1S/C25H35NO6/c27-21-13-6-3-1-2-5-10-19-11-9-12-20(18-19)23(29)24(30)26-16-17-31-32-25(26)22(28)15-8-4-7-14-21/h3,6,16-17,19-20,25H,1-2,4-5,7-15,18H2. The minimum atomic E-state index is -1.24. The number of nitrogens with zero attached hydrogens (tertiary/aromatic N) is 1. The predicted molar refractivity (Wildman–Crippen MR) is 118 cm³/mol. The highest BCUT2D eigenvalue weighted by Crippen LogP contribution is 2.33. The molecule has 0 N–H and O–H groups in total. The zero-order valence-electron chi connectivity index (χ0n) is 18.8. The Balaban J connectivity index is 1.67. The third-order valence-electron chi connectivity index (χ3n) is 6.67. The molecule has 1 aliphatic carbocycles. The fourth-order valence-electron chi connectivity index (χ4n) is 4.83. The van der Waals surface area contributed by atoms with Crippen LogP contribution < -0.4 is 0 Å². The van der Waals surface area contributed by atoms with Gasteiger partial charge >= 0.3 is 0 Å². The van der Waals surface area contributed by atoms with E-state index in [0.717, 1.165) is 62.7 Å². The van der Waals surface area contributed by atoms with Crippen molar-refractivity contribution in [3.8, 4) is 0 Å². The molecule has 0 aromatic heterocycles. The molecule has 3 aliphatic rings. The van der Waals surface area contributed by atoms with Crippen LogP contribution in [0.1, 0.15) is 89.9 Å². The molecule has 7 heteroatoms. The van der Waals surface area contributed by atoms with Crippen molar-refractivity contribution in [1.82, 2.24) is 4.90 Å². The van der Waals surface area contributed by atoms with Gasteiger partial charge in [-0.2, -0.15) is 4.89 Å². The van der Waals surface area contributed by atoms with E-state index >= 15 is 0 Å². The maximum Gasteiger partial charge on any atom is 0.296 e. The fraction of sp³-hybridized carbons (Fsp3) is 0.680. The molecule has 0 aromatic rings. The minimum Gasteiger partial charge on any atom is -0.341 e. The Labute approximate surface area is 190 Å². The predicted octanol–water partition coefficient (Wildman–Crippen LogP) is 4.56. The van der Waals surface area contributed by atoms with Gasteiger partial charge in [0.1, 0.15) is 12.0 Å². The molecule has 0 spiro atoms. The topological polar surface area (TPSA) is 90.0 Å². The van der Waals surface area contributed by atoms with Gasteiger partial charge in [0.25, 0.3) is 5.91 Å². The highest BCUT2D eigenvalue weighted by Gasteiger charge is 2.39. The number of hydrogen-bond donors (Lipinski definition) is 0. The van der Waals surface area contributed by atoms with Crippen molar-refractivity contribution in [3.05, 3.63) is 24.6 Å². The molecule has 2 bridgehead atoms. The van der Waals surface area contributed by atoms with Gasteiger partial charge in [-0.1, -0.05) is 44.3 Å². The largest absolute Gasteiger partial charge is 0.341 e. The quantitative estimate of drug-likeness (QED) is 0.308. The number of carbonyl (C=O) groups excluding carboxylic acids is 4. The summed E-state index contributed by atoms with van der Waals surface area (Å²) < 4.78 is 0. The summed E-state index contributed by atoms with van der Waals surface area (Å²) in [5, 5.41) is 0. The smallest absolute Gasteiger partial charge is 0.296 e. The SMILES string of the molecule is O=C1CC=CCCCCC2CCCC(C2)C(=O)C(=O)N2C=COOC2C(=O)CCCCC1. The molecule has 3 rings (SSSR count). The molecule has 2 heterocycles. The summed E-state index contributed by atoms with van der Waals surface area (Å²) in [5.74, 6) is -1.08. The Morgan fingerprint density at radius 3 is 2.53 bits per heavy atom. The number of rotatable bonds is 0. The van der Waals surface area contributed by atoms with Gasteiger partial charge in [-0.15, -0.1) is 0 Å². The van der Waals surface area contributed by atoms with Gasteiger partial charge < -0.3 is 4.89 Å². The summed E-state index contributed by atoms with van der Waals surface area (Å²) >= 11 is 0. The second-order valence-electron chi connectivity index (χ2n) is 9.16. The van der Waals surface area contributed by atoms with Crippen LogP contribution in [0.5, 0.6) is 0 Å². The number of carbonyl (C=O) groups is 4. The van der Waals surface area contributed by atoms with Crippen molar-refractivity contribution in [2.24, 2.45) is 11.8 Å². The van der Waals surface area contributed by atoms with Gasteiger partial charge in [0.15, 0.2) is 5.78 Å². The average molecular weight is 446 g/mol. The Morgan fingerprint density at radius 2 is 1.66 bits per heavy atom. The zero-order valence-corrected chi connectivity index (χ0v) is 18.8. The zero-order chi connectivity index (χ0) is 22.8. The molecule has 3 atom stereocenters. The van der Waals surface area contributed by atoms with Crippen molar-refractivity contribution in [2.45, 2.75) is 96.1 Å². The summed E-state index contributed by atoms with van der Waals surface area (Å²) in [6, 6.07) is 0. The van der Waals surface area contributed by atoms with Crippen LogP contribution in [0.15, 0.2) is 24.6 Å². The summed E-state index contributed by atoms with van der Waals surface area (Å²) in [7, 11) is 0. The van der Waals surface area contributed by atoms with Gasteiger partial charge in [0, 0.05) is 31.4 Å². The van der Waals surface area contributed by atoms with Crippen LogP contribution in [-0.2, 0) is 29.0 Å². The molecular weight excluding hydrogens is 410 g/mol. The first-order chi connectivity index (χ1) is 15.6. The number of amides is 1. The lowest BCUT2D eigenvalue weighted by Gasteiger charge is -2.31. The van der Waals surface area contributed by atoms with Crippen LogP contribution in [0.2, 0.25) is 0 Å². The van der Waals surface area contributed by atoms with Crippen LogP contribution in [0.3, 0.4) is 0 Å². The summed E-state index contributed by atoms with van der Waals surface area (Å²) in [6.07, 6.45) is 16.2. The second-order valence-corrected chi connectivity index (χ2v) is 9.16. The van der Waals surface area contributed by atoms with Crippen LogP contribution in [0.4, 0.5) is 0 Å². The highest BCUT2D eigenvalue weighted by molar-refractivity contribution is 6.37. The average Bonchev–Trinajstić information content (AvgIpc) is 2.81. The van der Waals surface area contributed by atoms with Crippen molar-refractivity contribution >= 4 is 23.3 Å². The van der Waals surface area contributed by atoms with Crippen LogP contribution >= 0.6 is 0 Å². The number of hydrogen-bond acceptors (Lipinski definition) is 6. The third-order valence-corrected chi connectivity index (χ3v) is 6.67. The Bertz CT molecular complexity index is 743. The maximum absolute atomic E-state index is 13.0. The molecular formula is C25H35NO6. The Morgan fingerprint density at radius 1 is 0.844 bits per heavy atom. The van der Waals surface area contributed by atoms with E-state index in [4.69, 9.17) is 9.78 Å². The number of Topliss-reactive ketones (excluding diaryl/α,β-unsaturated/α-hetero) is 3. The molecule has 2 aliphatic heterocycles. The van der Waals surface area contributed by atoms with Crippen molar-refractivity contribution in [1.29, 1.82) is 0 Å². The summed E-state index contributed by atoms with van der Waals surface area (Å²) in [4.78, 5) is 61.6.